The summed E-state index contributed by atoms with van der Waals surface area (Å²) in [6.45, 7) is 0. The van der Waals surface area contributed by atoms with Crippen LogP contribution in [0.15, 0.2) is 25.8 Å². The van der Waals surface area contributed by atoms with E-state index in [0.29, 0.717) is 5.69 Å². The second-order valence-electron chi connectivity index (χ2n) is 2.52. The molecule has 0 saturated carbocycles. The number of thiophene rings is 1. The molecule has 6 heteroatoms. The molecular formula is C8H4BrNO3S. The highest BCUT2D eigenvalue weighted by Gasteiger charge is 2.12. The molecule has 72 valence electrons. The zero-order valence-corrected chi connectivity index (χ0v) is 9.13. The van der Waals surface area contributed by atoms with Gasteiger partial charge in [-0.1, -0.05) is 5.16 Å². The minimum absolute atomic E-state index is 0.151. The highest BCUT2D eigenvalue weighted by Crippen LogP contribution is 2.28. The van der Waals surface area contributed by atoms with Crippen LogP contribution in [0.1, 0.15) is 10.6 Å². The Morgan fingerprint density at radius 3 is 2.86 bits per heavy atom. The number of carboxylic acids is 1. The lowest BCUT2D eigenvalue weighted by atomic mass is 10.2. The second-order valence-corrected chi connectivity index (χ2v) is 4.81. The van der Waals surface area contributed by atoms with E-state index in [0.717, 1.165) is 9.35 Å². The first kappa shape index (κ1) is 9.42. The topological polar surface area (TPSA) is 63.3 Å². The first-order valence-electron chi connectivity index (χ1n) is 3.61. The summed E-state index contributed by atoms with van der Waals surface area (Å²) in [6.07, 6.45) is 0. The fourth-order valence-electron chi connectivity index (χ4n) is 0.956. The van der Waals surface area contributed by atoms with E-state index >= 15 is 0 Å². The fraction of sp³-hybridized carbons (Fsp3) is 0. The predicted octanol–water partition coefficient (Wildman–Crippen LogP) is 2.86. The van der Waals surface area contributed by atoms with E-state index in [2.05, 4.69) is 25.6 Å². The van der Waals surface area contributed by atoms with Crippen LogP contribution in [0.5, 0.6) is 0 Å². The van der Waals surface area contributed by atoms with E-state index in [4.69, 9.17) is 5.11 Å². The van der Waals surface area contributed by atoms with Gasteiger partial charge in [0.15, 0.2) is 0 Å². The monoisotopic (exact) mass is 273 g/mol. The van der Waals surface area contributed by atoms with Gasteiger partial charge in [-0.25, -0.2) is 4.79 Å². The molecule has 0 aliphatic heterocycles. The summed E-state index contributed by atoms with van der Waals surface area (Å²) in [5.74, 6) is -1.26. The lowest BCUT2D eigenvalue weighted by Crippen LogP contribution is -1.91. The zero-order chi connectivity index (χ0) is 10.1. The molecule has 0 aliphatic carbocycles. The molecule has 0 spiro atoms. The van der Waals surface area contributed by atoms with Crippen molar-refractivity contribution < 1.29 is 14.4 Å². The molecule has 0 amide bonds. The van der Waals surface area contributed by atoms with E-state index in [9.17, 15) is 4.79 Å². The molecule has 2 aromatic heterocycles. The van der Waals surface area contributed by atoms with Crippen LogP contribution in [0, 0.1) is 0 Å². The van der Waals surface area contributed by atoms with Crippen LogP contribution < -0.4 is 0 Å². The maximum atomic E-state index is 10.5. The molecule has 2 heterocycles. The van der Waals surface area contributed by atoms with Crippen LogP contribution in [-0.2, 0) is 0 Å². The number of hydrogen-bond donors (Lipinski definition) is 1. The number of rotatable bonds is 2. The third-order valence-electron chi connectivity index (χ3n) is 1.58. The number of aromatic carboxylic acids is 1. The SMILES string of the molecule is O=C(O)c1cc(-c2csc(Br)c2)no1. The first-order chi connectivity index (χ1) is 6.66. The highest BCUT2D eigenvalue weighted by atomic mass is 79.9. The van der Waals surface area contributed by atoms with E-state index in [-0.39, 0.29) is 5.76 Å². The summed E-state index contributed by atoms with van der Waals surface area (Å²) in [7, 11) is 0. The van der Waals surface area contributed by atoms with Crippen molar-refractivity contribution in [1.29, 1.82) is 0 Å². The van der Waals surface area contributed by atoms with Gasteiger partial charge in [-0.05, 0) is 22.0 Å². The van der Waals surface area contributed by atoms with Crippen molar-refractivity contribution in [2.24, 2.45) is 0 Å². The van der Waals surface area contributed by atoms with Gasteiger partial charge in [0, 0.05) is 17.0 Å². The van der Waals surface area contributed by atoms with E-state index in [1.165, 1.54) is 17.4 Å². The Labute approximate surface area is 91.3 Å². The molecule has 1 N–H and O–H groups in total. The molecule has 2 rings (SSSR count). The lowest BCUT2D eigenvalue weighted by molar-refractivity contribution is 0.0652. The van der Waals surface area contributed by atoms with Crippen LogP contribution >= 0.6 is 27.3 Å². The summed E-state index contributed by atoms with van der Waals surface area (Å²) in [4.78, 5) is 10.5. The predicted molar refractivity (Wildman–Crippen MR) is 54.5 cm³/mol. The van der Waals surface area contributed by atoms with Crippen LogP contribution in [0.4, 0.5) is 0 Å². The van der Waals surface area contributed by atoms with Crippen LogP contribution in [0.3, 0.4) is 0 Å². The molecule has 0 saturated heterocycles. The largest absolute Gasteiger partial charge is 0.475 e. The van der Waals surface area contributed by atoms with Crippen molar-refractivity contribution in [2.45, 2.75) is 0 Å². The molecule has 0 fully saturated rings. The normalized spacial score (nSPS) is 10.4. The van der Waals surface area contributed by atoms with Gasteiger partial charge in [0.05, 0.1) is 3.79 Å². The Morgan fingerprint density at radius 2 is 2.36 bits per heavy atom. The third-order valence-corrected chi connectivity index (χ3v) is 3.09. The standard InChI is InChI=1S/C8H4BrNO3S/c9-7-1-4(3-14-7)5-2-6(8(11)12)13-10-5/h1-3H,(H,11,12). The summed E-state index contributed by atoms with van der Waals surface area (Å²) < 4.78 is 5.59. The molecule has 14 heavy (non-hydrogen) atoms. The highest BCUT2D eigenvalue weighted by molar-refractivity contribution is 9.11. The summed E-state index contributed by atoms with van der Waals surface area (Å²) in [5, 5.41) is 14.1. The number of hydrogen-bond acceptors (Lipinski definition) is 4. The Hall–Kier alpha value is -1.14. The van der Waals surface area contributed by atoms with Gasteiger partial charge in [-0.15, -0.1) is 11.3 Å². The van der Waals surface area contributed by atoms with Gasteiger partial charge in [0.2, 0.25) is 5.76 Å². The van der Waals surface area contributed by atoms with Crippen molar-refractivity contribution >= 4 is 33.2 Å². The Kier molecular flexibility index (Phi) is 2.39. The fourth-order valence-corrected chi connectivity index (χ4v) is 2.11. The van der Waals surface area contributed by atoms with Crippen molar-refractivity contribution in [2.75, 3.05) is 0 Å². The maximum absolute atomic E-state index is 10.5. The lowest BCUT2D eigenvalue weighted by Gasteiger charge is -1.83. The van der Waals surface area contributed by atoms with Gasteiger partial charge in [0.1, 0.15) is 5.69 Å². The third kappa shape index (κ3) is 1.71. The average Bonchev–Trinajstić information content (AvgIpc) is 2.70. The molecule has 0 unspecified atom stereocenters. The Balaban J connectivity index is 2.38. The summed E-state index contributed by atoms with van der Waals surface area (Å²) >= 11 is 4.81. The van der Waals surface area contributed by atoms with Crippen LogP contribution in [0.25, 0.3) is 11.3 Å². The average molecular weight is 274 g/mol. The smallest absolute Gasteiger partial charge is 0.374 e. The molecule has 0 atom stereocenters. The number of aromatic nitrogens is 1. The van der Waals surface area contributed by atoms with Crippen molar-refractivity contribution in [3.05, 3.63) is 27.1 Å². The van der Waals surface area contributed by atoms with Gasteiger partial charge in [0.25, 0.3) is 0 Å². The number of carboxylic acid groups (broad SMARTS) is 1. The molecular weight excluding hydrogens is 270 g/mol. The van der Waals surface area contributed by atoms with E-state index < -0.39 is 5.97 Å². The maximum Gasteiger partial charge on any atom is 0.374 e. The second kappa shape index (κ2) is 3.55. The first-order valence-corrected chi connectivity index (χ1v) is 5.28. The van der Waals surface area contributed by atoms with Crippen molar-refractivity contribution in [3.63, 3.8) is 0 Å². The van der Waals surface area contributed by atoms with Gasteiger partial charge in [-0.3, -0.25) is 0 Å². The van der Waals surface area contributed by atoms with Crippen molar-refractivity contribution in [1.82, 2.24) is 5.16 Å². The van der Waals surface area contributed by atoms with Crippen molar-refractivity contribution in [3.8, 4) is 11.3 Å². The molecule has 0 bridgehead atoms. The van der Waals surface area contributed by atoms with E-state index in [1.54, 1.807) is 0 Å². The van der Waals surface area contributed by atoms with Gasteiger partial charge in [-0.2, -0.15) is 0 Å². The molecule has 2 aromatic rings. The Morgan fingerprint density at radius 1 is 1.57 bits per heavy atom. The summed E-state index contributed by atoms with van der Waals surface area (Å²) in [6, 6.07) is 3.25. The number of nitrogens with zero attached hydrogens (tertiary/aromatic N) is 1. The number of halogens is 1. The zero-order valence-electron chi connectivity index (χ0n) is 6.73. The molecule has 4 nitrogen and oxygen atoms in total. The molecule has 0 aliphatic rings. The van der Waals surface area contributed by atoms with Crippen LogP contribution in [-0.4, -0.2) is 16.2 Å². The number of carbonyl (C=O) groups is 1. The molecule has 0 radical (unpaired) electrons. The minimum atomic E-state index is -1.11. The quantitative estimate of drug-likeness (QED) is 0.914. The minimum Gasteiger partial charge on any atom is -0.475 e. The van der Waals surface area contributed by atoms with Crippen LogP contribution in [0.2, 0.25) is 0 Å². The molecule has 0 aromatic carbocycles. The summed E-state index contributed by atoms with van der Waals surface area (Å²) in [5.41, 5.74) is 1.38. The van der Waals surface area contributed by atoms with Gasteiger partial charge < -0.3 is 9.63 Å². The Bertz CT molecular complexity index is 476. The van der Waals surface area contributed by atoms with Gasteiger partial charge >= 0.3 is 5.97 Å². The van der Waals surface area contributed by atoms with E-state index in [1.807, 2.05) is 11.4 Å².